The molecule has 0 saturated heterocycles. The summed E-state index contributed by atoms with van der Waals surface area (Å²) < 4.78 is 14.6. The van der Waals surface area contributed by atoms with Gasteiger partial charge >= 0.3 is 0 Å². The highest BCUT2D eigenvalue weighted by atomic mass is 16.5. The molecule has 138 valence electrons. The minimum Gasteiger partial charge on any atom is -0.493 e. The summed E-state index contributed by atoms with van der Waals surface area (Å²) in [6.07, 6.45) is 5.74. The van der Waals surface area contributed by atoms with Gasteiger partial charge in [0.2, 0.25) is 0 Å². The van der Waals surface area contributed by atoms with Crippen molar-refractivity contribution in [3.8, 4) is 22.8 Å². The Balaban J connectivity index is 1.68. The topological polar surface area (TPSA) is 66.1 Å². The summed E-state index contributed by atoms with van der Waals surface area (Å²) in [6, 6.07) is 9.84. The molecule has 0 bridgehead atoms. The van der Waals surface area contributed by atoms with Gasteiger partial charge in [0.05, 0.1) is 31.6 Å². The average molecular weight is 363 g/mol. The van der Waals surface area contributed by atoms with Crippen LogP contribution in [-0.2, 0) is 14.1 Å². The molecule has 0 fully saturated rings. The molecule has 7 heteroatoms. The van der Waals surface area contributed by atoms with E-state index in [9.17, 15) is 0 Å². The average Bonchev–Trinajstić information content (AvgIpc) is 3.25. The van der Waals surface area contributed by atoms with Crippen molar-refractivity contribution >= 4 is 22.4 Å². The van der Waals surface area contributed by atoms with Crippen molar-refractivity contribution in [1.29, 1.82) is 0 Å². The second-order valence-electron chi connectivity index (χ2n) is 6.31. The Morgan fingerprint density at radius 3 is 2.48 bits per heavy atom. The third-order valence-electron chi connectivity index (χ3n) is 4.58. The van der Waals surface area contributed by atoms with Crippen molar-refractivity contribution in [3.05, 3.63) is 48.9 Å². The van der Waals surface area contributed by atoms with Crippen molar-refractivity contribution in [2.24, 2.45) is 14.1 Å². The van der Waals surface area contributed by atoms with Gasteiger partial charge in [-0.3, -0.25) is 4.68 Å². The van der Waals surface area contributed by atoms with E-state index in [1.54, 1.807) is 18.9 Å². The van der Waals surface area contributed by atoms with Gasteiger partial charge in [0.25, 0.3) is 0 Å². The molecule has 0 saturated carbocycles. The molecule has 0 aliphatic carbocycles. The van der Waals surface area contributed by atoms with Crippen LogP contribution >= 0.6 is 0 Å². The second-order valence-corrected chi connectivity index (χ2v) is 6.31. The Morgan fingerprint density at radius 2 is 1.78 bits per heavy atom. The zero-order chi connectivity index (χ0) is 19.0. The van der Waals surface area contributed by atoms with E-state index in [1.165, 1.54) is 0 Å². The SMILES string of the molecule is COc1ccc(Nc2cc3c(cn2)cc(-c2cnn(C)c2)n3C)cc1OC. The summed E-state index contributed by atoms with van der Waals surface area (Å²) in [5.41, 5.74) is 4.14. The largest absolute Gasteiger partial charge is 0.493 e. The van der Waals surface area contributed by atoms with Crippen LogP contribution in [0, 0.1) is 0 Å². The Kier molecular flexibility index (Phi) is 4.19. The molecule has 3 aromatic heterocycles. The Morgan fingerprint density at radius 1 is 0.963 bits per heavy atom. The molecule has 1 aromatic carbocycles. The Hall–Kier alpha value is -3.48. The van der Waals surface area contributed by atoms with E-state index in [2.05, 4.69) is 26.0 Å². The van der Waals surface area contributed by atoms with Crippen LogP contribution in [0.2, 0.25) is 0 Å². The number of methoxy groups -OCH3 is 2. The molecule has 0 aliphatic rings. The lowest BCUT2D eigenvalue weighted by Crippen LogP contribution is -1.97. The number of nitrogens with one attached hydrogen (secondary N) is 1. The number of benzene rings is 1. The highest BCUT2D eigenvalue weighted by Gasteiger charge is 2.11. The highest BCUT2D eigenvalue weighted by Crippen LogP contribution is 2.32. The third kappa shape index (κ3) is 3.08. The molecule has 4 rings (SSSR count). The fraction of sp³-hybridized carbons (Fsp3) is 0.200. The lowest BCUT2D eigenvalue weighted by atomic mass is 10.2. The van der Waals surface area contributed by atoms with Crippen LogP contribution in [-0.4, -0.2) is 33.6 Å². The van der Waals surface area contributed by atoms with E-state index in [-0.39, 0.29) is 0 Å². The van der Waals surface area contributed by atoms with E-state index >= 15 is 0 Å². The number of hydrogen-bond donors (Lipinski definition) is 1. The molecule has 0 unspecified atom stereocenters. The van der Waals surface area contributed by atoms with E-state index in [1.807, 2.05) is 57.0 Å². The van der Waals surface area contributed by atoms with Gasteiger partial charge in [-0.1, -0.05) is 0 Å². The number of nitrogens with zero attached hydrogens (tertiary/aromatic N) is 4. The maximum atomic E-state index is 5.36. The fourth-order valence-electron chi connectivity index (χ4n) is 3.19. The van der Waals surface area contributed by atoms with E-state index < -0.39 is 0 Å². The Labute approximate surface area is 157 Å². The molecule has 27 heavy (non-hydrogen) atoms. The van der Waals surface area contributed by atoms with E-state index in [0.717, 1.165) is 33.7 Å². The van der Waals surface area contributed by atoms with Gasteiger partial charge in [-0.05, 0) is 18.2 Å². The van der Waals surface area contributed by atoms with Crippen LogP contribution in [0.3, 0.4) is 0 Å². The summed E-state index contributed by atoms with van der Waals surface area (Å²) >= 11 is 0. The van der Waals surface area contributed by atoms with Crippen LogP contribution < -0.4 is 14.8 Å². The van der Waals surface area contributed by atoms with E-state index in [4.69, 9.17) is 9.47 Å². The lowest BCUT2D eigenvalue weighted by Gasteiger charge is -2.11. The molecule has 0 aliphatic heterocycles. The van der Waals surface area contributed by atoms with Crippen LogP contribution in [0.5, 0.6) is 11.5 Å². The van der Waals surface area contributed by atoms with Gasteiger partial charge in [-0.15, -0.1) is 0 Å². The first-order valence-corrected chi connectivity index (χ1v) is 8.52. The van der Waals surface area contributed by atoms with Crippen molar-refractivity contribution < 1.29 is 9.47 Å². The number of aryl methyl sites for hydroxylation is 2. The maximum Gasteiger partial charge on any atom is 0.162 e. The number of fused-ring (bicyclic) bond motifs is 1. The second kappa shape index (κ2) is 6.68. The van der Waals surface area contributed by atoms with E-state index in [0.29, 0.717) is 11.5 Å². The van der Waals surface area contributed by atoms with Crippen molar-refractivity contribution in [1.82, 2.24) is 19.3 Å². The zero-order valence-corrected chi connectivity index (χ0v) is 15.7. The predicted octanol–water partition coefficient (Wildman–Crippen LogP) is 3.73. The first-order valence-electron chi connectivity index (χ1n) is 8.52. The molecule has 0 spiro atoms. The number of rotatable bonds is 5. The molecule has 0 radical (unpaired) electrons. The third-order valence-corrected chi connectivity index (χ3v) is 4.58. The van der Waals surface area contributed by atoms with Gasteiger partial charge in [-0.2, -0.15) is 5.10 Å². The number of aromatic nitrogens is 4. The fourth-order valence-corrected chi connectivity index (χ4v) is 3.19. The normalized spacial score (nSPS) is 11.0. The first kappa shape index (κ1) is 17.0. The van der Waals surface area contributed by atoms with Crippen LogP contribution in [0.25, 0.3) is 22.2 Å². The van der Waals surface area contributed by atoms with Crippen LogP contribution in [0.4, 0.5) is 11.5 Å². The minimum atomic E-state index is 0.668. The number of ether oxygens (including phenoxy) is 2. The summed E-state index contributed by atoms with van der Waals surface area (Å²) in [5, 5.41) is 8.67. The van der Waals surface area contributed by atoms with Crippen molar-refractivity contribution in [3.63, 3.8) is 0 Å². The summed E-state index contributed by atoms with van der Waals surface area (Å²) in [4.78, 5) is 4.54. The predicted molar refractivity (Wildman–Crippen MR) is 106 cm³/mol. The van der Waals surface area contributed by atoms with Gasteiger partial charge in [0.15, 0.2) is 11.5 Å². The van der Waals surface area contributed by atoms with Gasteiger partial charge < -0.3 is 19.4 Å². The molecule has 4 aromatic rings. The molecular weight excluding hydrogens is 342 g/mol. The summed E-state index contributed by atoms with van der Waals surface area (Å²) in [6.45, 7) is 0. The lowest BCUT2D eigenvalue weighted by molar-refractivity contribution is 0.355. The van der Waals surface area contributed by atoms with Crippen molar-refractivity contribution in [2.75, 3.05) is 19.5 Å². The minimum absolute atomic E-state index is 0.668. The molecule has 3 heterocycles. The summed E-state index contributed by atoms with van der Waals surface area (Å²) in [5.74, 6) is 2.12. The van der Waals surface area contributed by atoms with Crippen LogP contribution in [0.1, 0.15) is 0 Å². The number of hydrogen-bond acceptors (Lipinski definition) is 5. The summed E-state index contributed by atoms with van der Waals surface area (Å²) in [7, 11) is 7.20. The Bertz CT molecular complexity index is 1110. The zero-order valence-electron chi connectivity index (χ0n) is 15.7. The first-order chi connectivity index (χ1) is 13.1. The van der Waals surface area contributed by atoms with Gasteiger partial charge in [0, 0.05) is 55.3 Å². The smallest absolute Gasteiger partial charge is 0.162 e. The monoisotopic (exact) mass is 363 g/mol. The van der Waals surface area contributed by atoms with Gasteiger partial charge in [-0.25, -0.2) is 4.98 Å². The van der Waals surface area contributed by atoms with Crippen LogP contribution in [0.15, 0.2) is 48.9 Å². The van der Waals surface area contributed by atoms with Crippen molar-refractivity contribution in [2.45, 2.75) is 0 Å². The highest BCUT2D eigenvalue weighted by molar-refractivity contribution is 5.88. The molecule has 7 nitrogen and oxygen atoms in total. The standard InChI is InChI=1S/C20H21N5O2/c1-24-12-14(11-22-24)16-7-13-10-21-20(9-17(13)25(16)2)23-15-5-6-18(26-3)19(8-15)27-4/h5-12H,1-4H3,(H,21,23). The molecular formula is C20H21N5O2. The number of anilines is 2. The quantitative estimate of drug-likeness (QED) is 0.585. The molecule has 1 N–H and O–H groups in total. The van der Waals surface area contributed by atoms with Gasteiger partial charge in [0.1, 0.15) is 5.82 Å². The maximum absolute atomic E-state index is 5.36. The molecule has 0 amide bonds. The molecule has 0 atom stereocenters. The number of pyridine rings is 1.